The van der Waals surface area contributed by atoms with Gasteiger partial charge in [0.15, 0.2) is 0 Å². The first-order valence-corrected chi connectivity index (χ1v) is 10.8. The van der Waals surface area contributed by atoms with Crippen LogP contribution in [0.2, 0.25) is 0 Å². The van der Waals surface area contributed by atoms with Crippen molar-refractivity contribution in [3.05, 3.63) is 11.6 Å². The molecular formula is C22H41NO4. The first-order valence-electron chi connectivity index (χ1n) is 10.8. The summed E-state index contributed by atoms with van der Waals surface area (Å²) in [6, 6.07) is -0.102. The third kappa shape index (κ3) is 11.2. The van der Waals surface area contributed by atoms with Gasteiger partial charge in [-0.15, -0.1) is 0 Å². The molecule has 0 heterocycles. The number of carbonyl (C=O) groups excluding carboxylic acids is 2. The lowest BCUT2D eigenvalue weighted by molar-refractivity contribution is -0.142. The van der Waals surface area contributed by atoms with Crippen LogP contribution in [0.1, 0.15) is 86.0 Å². The number of hydrogen-bond donors (Lipinski definition) is 0. The van der Waals surface area contributed by atoms with Crippen LogP contribution in [-0.4, -0.2) is 49.2 Å². The third-order valence-electron chi connectivity index (χ3n) is 4.30. The Morgan fingerprint density at radius 2 is 1.41 bits per heavy atom. The van der Waals surface area contributed by atoms with E-state index in [2.05, 4.69) is 25.7 Å². The predicted molar refractivity (Wildman–Crippen MR) is 111 cm³/mol. The number of ether oxygens (including phenoxy) is 2. The zero-order valence-electron chi connectivity index (χ0n) is 18.2. The van der Waals surface area contributed by atoms with Crippen molar-refractivity contribution < 1.29 is 19.1 Å². The molecule has 0 bridgehead atoms. The third-order valence-corrected chi connectivity index (χ3v) is 4.30. The van der Waals surface area contributed by atoms with E-state index in [1.54, 1.807) is 0 Å². The molecule has 0 amide bonds. The summed E-state index contributed by atoms with van der Waals surface area (Å²) >= 11 is 0. The number of carbonyl (C=O) groups is 2. The van der Waals surface area contributed by atoms with Gasteiger partial charge < -0.3 is 9.47 Å². The van der Waals surface area contributed by atoms with Gasteiger partial charge in [-0.05, 0) is 45.2 Å². The van der Waals surface area contributed by atoms with Crippen LogP contribution in [0.15, 0.2) is 11.6 Å². The van der Waals surface area contributed by atoms with Crippen molar-refractivity contribution >= 4 is 11.9 Å². The van der Waals surface area contributed by atoms with Crippen LogP contribution in [0.3, 0.4) is 0 Å². The van der Waals surface area contributed by atoms with Crippen LogP contribution in [0, 0.1) is 0 Å². The summed E-state index contributed by atoms with van der Waals surface area (Å²) in [5, 5.41) is 0. The fourth-order valence-electron chi connectivity index (χ4n) is 3.06. The highest BCUT2D eigenvalue weighted by molar-refractivity contribution is 5.97. The van der Waals surface area contributed by atoms with Gasteiger partial charge in [0.2, 0.25) is 0 Å². The van der Waals surface area contributed by atoms with Crippen LogP contribution in [0.25, 0.3) is 0 Å². The molecule has 0 aromatic rings. The first kappa shape index (κ1) is 25.6. The predicted octanol–water partition coefficient (Wildman–Crippen LogP) is 4.89. The smallest absolute Gasteiger partial charge is 0.335 e. The molecular weight excluding hydrogens is 342 g/mol. The quantitative estimate of drug-likeness (QED) is 0.216. The van der Waals surface area contributed by atoms with Crippen molar-refractivity contribution in [1.82, 2.24) is 4.90 Å². The minimum atomic E-state index is -0.450. The Hall–Kier alpha value is -1.36. The molecule has 0 saturated carbocycles. The molecule has 0 spiro atoms. The van der Waals surface area contributed by atoms with Gasteiger partial charge >= 0.3 is 11.9 Å². The summed E-state index contributed by atoms with van der Waals surface area (Å²) in [7, 11) is 0. The second-order valence-electron chi connectivity index (χ2n) is 6.95. The summed E-state index contributed by atoms with van der Waals surface area (Å²) in [4.78, 5) is 27.3. The van der Waals surface area contributed by atoms with E-state index in [-0.39, 0.29) is 12.0 Å². The van der Waals surface area contributed by atoms with Crippen LogP contribution >= 0.6 is 0 Å². The highest BCUT2D eigenvalue weighted by Crippen LogP contribution is 2.21. The van der Waals surface area contributed by atoms with Crippen LogP contribution in [0.4, 0.5) is 0 Å². The van der Waals surface area contributed by atoms with Gasteiger partial charge in [0.25, 0.3) is 0 Å². The lowest BCUT2D eigenvalue weighted by Gasteiger charge is -2.32. The van der Waals surface area contributed by atoms with E-state index in [1.807, 2.05) is 13.8 Å². The monoisotopic (exact) mass is 383 g/mol. The lowest BCUT2D eigenvalue weighted by Crippen LogP contribution is -2.40. The second-order valence-corrected chi connectivity index (χ2v) is 6.95. The van der Waals surface area contributed by atoms with Gasteiger partial charge in [0.1, 0.15) is 0 Å². The molecule has 1 atom stereocenters. The highest BCUT2D eigenvalue weighted by atomic mass is 16.5. The molecule has 0 aromatic carbocycles. The average Bonchev–Trinajstić information content (AvgIpc) is 2.66. The van der Waals surface area contributed by atoms with Gasteiger partial charge in [0.05, 0.1) is 18.8 Å². The zero-order valence-corrected chi connectivity index (χ0v) is 18.2. The summed E-state index contributed by atoms with van der Waals surface area (Å²) in [6.45, 7) is 12.9. The van der Waals surface area contributed by atoms with E-state index in [4.69, 9.17) is 9.47 Å². The van der Waals surface area contributed by atoms with Gasteiger partial charge in [-0.25, -0.2) is 9.59 Å². The molecule has 5 heteroatoms. The Labute approximate surface area is 166 Å². The summed E-state index contributed by atoms with van der Waals surface area (Å²) < 4.78 is 10.6. The topological polar surface area (TPSA) is 55.8 Å². The van der Waals surface area contributed by atoms with Crippen molar-refractivity contribution in [2.45, 2.75) is 92.0 Å². The fraction of sp³-hybridized carbons (Fsp3) is 0.818. The standard InChI is InChI=1S/C22H41NO4/c1-6-11-12-13-20(23(14-7-2)15-8-3)19(22(25)27-17-10-5)18-21(24)26-16-9-4/h18,20H,6-17H2,1-5H3/b19-18+. The van der Waals surface area contributed by atoms with Gasteiger partial charge in [0, 0.05) is 12.1 Å². The number of esters is 2. The van der Waals surface area contributed by atoms with E-state index < -0.39 is 5.97 Å². The molecule has 0 N–H and O–H groups in total. The Kier molecular flexibility index (Phi) is 15.9. The summed E-state index contributed by atoms with van der Waals surface area (Å²) in [5.74, 6) is -0.835. The molecule has 0 fully saturated rings. The number of unbranched alkanes of at least 4 members (excludes halogenated alkanes) is 2. The van der Waals surface area contributed by atoms with E-state index in [9.17, 15) is 9.59 Å². The maximum atomic E-state index is 12.8. The van der Waals surface area contributed by atoms with Gasteiger partial charge in [-0.3, -0.25) is 4.90 Å². The summed E-state index contributed by atoms with van der Waals surface area (Å²) in [5.41, 5.74) is 0.447. The molecule has 0 radical (unpaired) electrons. The molecule has 27 heavy (non-hydrogen) atoms. The minimum Gasteiger partial charge on any atom is -0.463 e. The maximum absolute atomic E-state index is 12.8. The van der Waals surface area contributed by atoms with Gasteiger partial charge in [-0.2, -0.15) is 0 Å². The average molecular weight is 384 g/mol. The molecule has 0 aliphatic rings. The number of rotatable bonds is 16. The number of hydrogen-bond acceptors (Lipinski definition) is 5. The molecule has 0 aromatic heterocycles. The van der Waals surface area contributed by atoms with Crippen molar-refractivity contribution in [3.8, 4) is 0 Å². The molecule has 5 nitrogen and oxygen atoms in total. The molecule has 0 aliphatic carbocycles. The molecule has 1 unspecified atom stereocenters. The first-order chi connectivity index (χ1) is 13.0. The van der Waals surface area contributed by atoms with E-state index in [1.165, 1.54) is 6.08 Å². The van der Waals surface area contributed by atoms with Crippen molar-refractivity contribution in [1.29, 1.82) is 0 Å². The van der Waals surface area contributed by atoms with Crippen LogP contribution < -0.4 is 0 Å². The fourth-order valence-corrected chi connectivity index (χ4v) is 3.06. The Morgan fingerprint density at radius 1 is 0.815 bits per heavy atom. The molecule has 0 saturated heterocycles. The van der Waals surface area contributed by atoms with Gasteiger partial charge in [-0.1, -0.05) is 53.9 Å². The Balaban J connectivity index is 5.69. The van der Waals surface area contributed by atoms with E-state index in [0.717, 1.165) is 64.5 Å². The normalized spacial score (nSPS) is 12.9. The lowest BCUT2D eigenvalue weighted by atomic mass is 9.97. The zero-order chi connectivity index (χ0) is 20.5. The Morgan fingerprint density at radius 3 is 1.93 bits per heavy atom. The molecule has 158 valence electrons. The summed E-state index contributed by atoms with van der Waals surface area (Å²) in [6.07, 6.45) is 8.99. The Bertz CT molecular complexity index is 428. The van der Waals surface area contributed by atoms with E-state index >= 15 is 0 Å². The van der Waals surface area contributed by atoms with Crippen molar-refractivity contribution in [3.63, 3.8) is 0 Å². The minimum absolute atomic E-state index is 0.102. The largest absolute Gasteiger partial charge is 0.463 e. The van der Waals surface area contributed by atoms with Crippen LogP contribution in [-0.2, 0) is 19.1 Å². The second kappa shape index (κ2) is 16.8. The maximum Gasteiger partial charge on any atom is 0.335 e. The van der Waals surface area contributed by atoms with Crippen molar-refractivity contribution in [2.24, 2.45) is 0 Å². The molecule has 0 rings (SSSR count). The van der Waals surface area contributed by atoms with Crippen LogP contribution in [0.5, 0.6) is 0 Å². The number of nitrogens with zero attached hydrogens (tertiary/aromatic N) is 1. The van der Waals surface area contributed by atoms with E-state index in [0.29, 0.717) is 18.8 Å². The SMILES string of the molecule is CCCCCC(/C(=C\C(=O)OCCC)C(=O)OCCC)N(CCC)CCC. The van der Waals surface area contributed by atoms with Crippen molar-refractivity contribution in [2.75, 3.05) is 26.3 Å². The highest BCUT2D eigenvalue weighted by Gasteiger charge is 2.28. The molecule has 0 aliphatic heterocycles.